The molecule has 1 aliphatic rings. The number of aliphatic imine (C=N–C) groups is 1. The quantitative estimate of drug-likeness (QED) is 0.640. The molecule has 1 atom stereocenters. The molecule has 0 aromatic heterocycles. The van der Waals surface area contributed by atoms with Crippen LogP contribution in [0.3, 0.4) is 0 Å². The number of halogens is 1. The van der Waals surface area contributed by atoms with Crippen LogP contribution >= 0.6 is 23.4 Å². The zero-order chi connectivity index (χ0) is 21.5. The Hall–Kier alpha value is -2.77. The van der Waals surface area contributed by atoms with Crippen LogP contribution in [-0.2, 0) is 14.3 Å². The molecule has 0 saturated carbocycles. The fourth-order valence-electron chi connectivity index (χ4n) is 2.93. The van der Waals surface area contributed by atoms with E-state index in [0.717, 1.165) is 5.56 Å². The van der Waals surface area contributed by atoms with Crippen molar-refractivity contribution in [2.75, 3.05) is 17.7 Å². The molecule has 0 saturated heterocycles. The van der Waals surface area contributed by atoms with Crippen molar-refractivity contribution < 1.29 is 14.3 Å². The van der Waals surface area contributed by atoms with Crippen LogP contribution in [0.25, 0.3) is 0 Å². The Labute approximate surface area is 184 Å². The second-order valence-corrected chi connectivity index (χ2v) is 7.88. The number of nitrogens with one attached hydrogen (secondary N) is 2. The first-order valence-electron chi connectivity index (χ1n) is 9.43. The maximum atomic E-state index is 12.5. The monoisotopic (exact) mass is 443 g/mol. The SMILES string of the molecule is CCOC(=O)C1=C(C)NC(SCC(=O)Nc2ccc(Cl)cc2)=N[C@H]1c1ccccc1. The van der Waals surface area contributed by atoms with E-state index in [1.807, 2.05) is 37.3 Å². The summed E-state index contributed by atoms with van der Waals surface area (Å²) in [4.78, 5) is 29.5. The number of ether oxygens (including phenoxy) is 1. The molecule has 0 radical (unpaired) electrons. The maximum absolute atomic E-state index is 12.5. The summed E-state index contributed by atoms with van der Waals surface area (Å²) in [5, 5.41) is 7.12. The van der Waals surface area contributed by atoms with Crippen molar-refractivity contribution >= 4 is 46.1 Å². The van der Waals surface area contributed by atoms with E-state index in [9.17, 15) is 9.59 Å². The zero-order valence-corrected chi connectivity index (χ0v) is 18.2. The van der Waals surface area contributed by atoms with Crippen LogP contribution in [0.2, 0.25) is 5.02 Å². The van der Waals surface area contributed by atoms with Crippen molar-refractivity contribution in [3.05, 3.63) is 76.5 Å². The van der Waals surface area contributed by atoms with Gasteiger partial charge in [-0.05, 0) is 43.7 Å². The van der Waals surface area contributed by atoms with E-state index < -0.39 is 12.0 Å². The van der Waals surface area contributed by atoms with Crippen LogP contribution in [0.4, 0.5) is 5.69 Å². The lowest BCUT2D eigenvalue weighted by atomic mass is 9.97. The lowest BCUT2D eigenvalue weighted by molar-refractivity contribution is -0.139. The number of amidine groups is 1. The third-order valence-electron chi connectivity index (χ3n) is 4.30. The highest BCUT2D eigenvalue weighted by Gasteiger charge is 2.30. The first-order valence-corrected chi connectivity index (χ1v) is 10.8. The summed E-state index contributed by atoms with van der Waals surface area (Å²) < 4.78 is 5.23. The first kappa shape index (κ1) is 21.9. The molecular formula is C22H22ClN3O3S. The van der Waals surface area contributed by atoms with Crippen molar-refractivity contribution in [3.63, 3.8) is 0 Å². The predicted molar refractivity (Wildman–Crippen MR) is 122 cm³/mol. The van der Waals surface area contributed by atoms with Crippen LogP contribution in [0.1, 0.15) is 25.5 Å². The molecule has 1 heterocycles. The highest BCUT2D eigenvalue weighted by atomic mass is 35.5. The lowest BCUT2D eigenvalue weighted by Crippen LogP contribution is -2.31. The number of esters is 1. The molecule has 30 heavy (non-hydrogen) atoms. The number of rotatable bonds is 6. The summed E-state index contributed by atoms with van der Waals surface area (Å²) in [6.45, 7) is 3.87. The number of thioether (sulfide) groups is 1. The highest BCUT2D eigenvalue weighted by Crippen LogP contribution is 2.32. The molecule has 3 rings (SSSR count). The van der Waals surface area contributed by atoms with Crippen LogP contribution in [-0.4, -0.2) is 29.4 Å². The predicted octanol–water partition coefficient (Wildman–Crippen LogP) is 4.55. The van der Waals surface area contributed by atoms with Crippen LogP contribution in [0.15, 0.2) is 70.9 Å². The second-order valence-electron chi connectivity index (χ2n) is 6.48. The lowest BCUT2D eigenvalue weighted by Gasteiger charge is -2.25. The van der Waals surface area contributed by atoms with Gasteiger partial charge >= 0.3 is 5.97 Å². The van der Waals surface area contributed by atoms with Crippen LogP contribution in [0, 0.1) is 0 Å². The summed E-state index contributed by atoms with van der Waals surface area (Å²) >= 11 is 7.14. The van der Waals surface area contributed by atoms with Crippen molar-refractivity contribution in [2.24, 2.45) is 4.99 Å². The van der Waals surface area contributed by atoms with Crippen LogP contribution < -0.4 is 10.6 Å². The third-order valence-corrected chi connectivity index (χ3v) is 5.44. The topological polar surface area (TPSA) is 79.8 Å². The summed E-state index contributed by atoms with van der Waals surface area (Å²) in [6, 6.07) is 16.0. The van der Waals surface area contributed by atoms with Crippen molar-refractivity contribution in [1.29, 1.82) is 0 Å². The Balaban J connectivity index is 1.73. The first-order chi connectivity index (χ1) is 14.5. The smallest absolute Gasteiger partial charge is 0.338 e. The fraction of sp³-hybridized carbons (Fsp3) is 0.227. The van der Waals surface area contributed by atoms with Crippen LogP contribution in [0.5, 0.6) is 0 Å². The van der Waals surface area contributed by atoms with Gasteiger partial charge in [-0.3, -0.25) is 4.79 Å². The van der Waals surface area contributed by atoms with E-state index in [0.29, 0.717) is 27.1 Å². The Bertz CT molecular complexity index is 975. The average Bonchev–Trinajstić information content (AvgIpc) is 2.74. The van der Waals surface area contributed by atoms with E-state index in [2.05, 4.69) is 10.6 Å². The molecule has 0 unspecified atom stereocenters. The molecule has 2 aromatic carbocycles. The van der Waals surface area contributed by atoms with E-state index in [4.69, 9.17) is 21.3 Å². The van der Waals surface area contributed by atoms with E-state index in [-0.39, 0.29) is 18.3 Å². The van der Waals surface area contributed by atoms with Crippen molar-refractivity contribution in [3.8, 4) is 0 Å². The van der Waals surface area contributed by atoms with Gasteiger partial charge in [0.2, 0.25) is 5.91 Å². The number of hydrogen-bond acceptors (Lipinski definition) is 6. The minimum absolute atomic E-state index is 0.165. The molecule has 0 spiro atoms. The summed E-state index contributed by atoms with van der Waals surface area (Å²) in [5.41, 5.74) is 2.69. The Morgan fingerprint density at radius 3 is 2.53 bits per heavy atom. The Kier molecular flexibility index (Phi) is 7.54. The average molecular weight is 444 g/mol. The second kappa shape index (κ2) is 10.3. The van der Waals surface area contributed by atoms with E-state index >= 15 is 0 Å². The van der Waals surface area contributed by atoms with E-state index in [1.54, 1.807) is 31.2 Å². The van der Waals surface area contributed by atoms with Gasteiger partial charge in [-0.15, -0.1) is 0 Å². The number of allylic oxidation sites excluding steroid dienone is 1. The van der Waals surface area contributed by atoms with Gasteiger partial charge in [0.05, 0.1) is 17.9 Å². The van der Waals surface area contributed by atoms with Gasteiger partial charge in [0.15, 0.2) is 5.17 Å². The molecule has 156 valence electrons. The Morgan fingerprint density at radius 2 is 1.87 bits per heavy atom. The molecule has 0 bridgehead atoms. The zero-order valence-electron chi connectivity index (χ0n) is 16.6. The molecule has 6 nitrogen and oxygen atoms in total. The van der Waals surface area contributed by atoms with Gasteiger partial charge in [0.1, 0.15) is 6.04 Å². The third kappa shape index (κ3) is 5.64. The van der Waals surface area contributed by atoms with Gasteiger partial charge in [0, 0.05) is 16.4 Å². The van der Waals surface area contributed by atoms with E-state index in [1.165, 1.54) is 11.8 Å². The standard InChI is InChI=1S/C22H22ClN3O3S/c1-3-29-21(28)19-14(2)24-22(26-20(19)15-7-5-4-6-8-15)30-13-18(27)25-17-11-9-16(23)10-12-17/h4-12,20H,3,13H2,1-2H3,(H,24,26)(H,25,27)/t20-/m0/s1. The van der Waals surface area contributed by atoms with Gasteiger partial charge < -0.3 is 15.4 Å². The number of anilines is 1. The van der Waals surface area contributed by atoms with Crippen molar-refractivity contribution in [2.45, 2.75) is 19.9 Å². The minimum Gasteiger partial charge on any atom is -0.463 e. The molecule has 2 N–H and O–H groups in total. The molecule has 2 aromatic rings. The maximum Gasteiger partial charge on any atom is 0.338 e. The minimum atomic E-state index is -0.492. The molecule has 1 amide bonds. The van der Waals surface area contributed by atoms with Crippen molar-refractivity contribution in [1.82, 2.24) is 5.32 Å². The van der Waals surface area contributed by atoms with Gasteiger partial charge in [-0.2, -0.15) is 0 Å². The molecule has 1 aliphatic heterocycles. The number of carbonyl (C=O) groups excluding carboxylic acids is 2. The molecular weight excluding hydrogens is 422 g/mol. The summed E-state index contributed by atoms with van der Waals surface area (Å²) in [6.07, 6.45) is 0. The van der Waals surface area contributed by atoms with Gasteiger partial charge in [0.25, 0.3) is 0 Å². The molecule has 8 heteroatoms. The Morgan fingerprint density at radius 1 is 1.17 bits per heavy atom. The number of carbonyl (C=O) groups is 2. The van der Waals surface area contributed by atoms with Gasteiger partial charge in [-0.25, -0.2) is 9.79 Å². The summed E-state index contributed by atoms with van der Waals surface area (Å²) in [7, 11) is 0. The fourth-order valence-corrected chi connectivity index (χ4v) is 3.81. The molecule has 0 aliphatic carbocycles. The highest BCUT2D eigenvalue weighted by molar-refractivity contribution is 8.14. The normalized spacial score (nSPS) is 15.8. The number of hydrogen-bond donors (Lipinski definition) is 2. The summed E-state index contributed by atoms with van der Waals surface area (Å²) in [5.74, 6) is -0.400. The number of amides is 1. The van der Waals surface area contributed by atoms with Gasteiger partial charge in [-0.1, -0.05) is 53.7 Å². The number of benzene rings is 2. The largest absolute Gasteiger partial charge is 0.463 e. The molecule has 0 fully saturated rings. The number of nitrogens with zero attached hydrogens (tertiary/aromatic N) is 1.